The molecule has 2 aliphatic rings. The van der Waals surface area contributed by atoms with E-state index in [1.165, 1.54) is 4.52 Å². The molecule has 1 fully saturated rings. The summed E-state index contributed by atoms with van der Waals surface area (Å²) in [6.45, 7) is 8.59. The van der Waals surface area contributed by atoms with E-state index in [4.69, 9.17) is 4.74 Å². The maximum atomic E-state index is 13.0. The third kappa shape index (κ3) is 3.04. The lowest BCUT2D eigenvalue weighted by atomic mass is 10.2. The van der Waals surface area contributed by atoms with Crippen LogP contribution in [0.15, 0.2) is 10.9 Å². The van der Waals surface area contributed by atoms with E-state index in [9.17, 15) is 14.4 Å². The predicted octanol–water partition coefficient (Wildman–Crippen LogP) is 1.55. The van der Waals surface area contributed by atoms with Gasteiger partial charge < -0.3 is 19.5 Å². The highest BCUT2D eigenvalue weighted by molar-refractivity contribution is 5.97. The minimum Gasteiger partial charge on any atom is -0.444 e. The van der Waals surface area contributed by atoms with E-state index < -0.39 is 5.60 Å². The molecule has 2 aromatic rings. The quantitative estimate of drug-likeness (QED) is 0.843. The van der Waals surface area contributed by atoms with E-state index in [0.717, 1.165) is 5.69 Å². The maximum absolute atomic E-state index is 13.0. The summed E-state index contributed by atoms with van der Waals surface area (Å²) in [5.74, 6) is -0.204. The normalized spacial score (nSPS) is 19.6. The molecule has 9 nitrogen and oxygen atoms in total. The molecule has 2 aromatic heterocycles. The number of nitrogens with one attached hydrogen (secondary N) is 1. The molecule has 2 aliphatic heterocycles. The number of aryl methyl sites for hydroxylation is 1. The molecule has 1 unspecified atom stereocenters. The van der Waals surface area contributed by atoms with Gasteiger partial charge in [0.15, 0.2) is 0 Å². The van der Waals surface area contributed by atoms with E-state index >= 15 is 0 Å². The summed E-state index contributed by atoms with van der Waals surface area (Å²) < 4.78 is 6.75. The zero-order valence-corrected chi connectivity index (χ0v) is 16.6. The number of amides is 2. The molecule has 0 radical (unpaired) electrons. The molecule has 9 heteroatoms. The Morgan fingerprint density at radius 1 is 1.36 bits per heavy atom. The first-order chi connectivity index (χ1) is 13.2. The zero-order chi connectivity index (χ0) is 20.2. The average molecular weight is 387 g/mol. The lowest BCUT2D eigenvalue weighted by molar-refractivity contribution is 0.0276. The number of likely N-dealkylation sites (tertiary alicyclic amines) is 1. The van der Waals surface area contributed by atoms with Crippen molar-refractivity contribution in [1.82, 2.24) is 24.4 Å². The average Bonchev–Trinajstić information content (AvgIpc) is 3.31. The van der Waals surface area contributed by atoms with Gasteiger partial charge in [-0.25, -0.2) is 4.79 Å². The number of ether oxygens (including phenoxy) is 1. The highest BCUT2D eigenvalue weighted by atomic mass is 16.6. The molecule has 2 amide bonds. The van der Waals surface area contributed by atoms with Crippen LogP contribution in [0.25, 0.3) is 5.65 Å². The molecule has 1 N–H and O–H groups in total. The summed E-state index contributed by atoms with van der Waals surface area (Å²) in [5, 5.41) is 4.30. The number of H-pyrrole nitrogens is 1. The highest BCUT2D eigenvalue weighted by Crippen LogP contribution is 2.26. The Morgan fingerprint density at radius 3 is 2.79 bits per heavy atom. The lowest BCUT2D eigenvalue weighted by Crippen LogP contribution is -2.40. The standard InChI is InChI=1S/C19H25N5O4/c1-5-11-8-14-20-15-13(16(25)24(14)21-11)10-23(17(15)26)12-6-7-22(9-12)18(27)28-19(2,3)4/h8,12,20H,5-7,9-10H2,1-4H3. The smallest absolute Gasteiger partial charge is 0.410 e. The number of rotatable bonds is 2. The Hall–Kier alpha value is -2.84. The van der Waals surface area contributed by atoms with Crippen molar-refractivity contribution in [2.75, 3.05) is 13.1 Å². The Labute approximate surface area is 162 Å². The van der Waals surface area contributed by atoms with Gasteiger partial charge in [-0.05, 0) is 33.6 Å². The van der Waals surface area contributed by atoms with Crippen molar-refractivity contribution in [3.05, 3.63) is 33.4 Å². The van der Waals surface area contributed by atoms with Gasteiger partial charge in [-0.3, -0.25) is 9.59 Å². The molecule has 1 atom stereocenters. The summed E-state index contributed by atoms with van der Waals surface area (Å²) in [5.41, 5.74) is 1.26. The molecule has 28 heavy (non-hydrogen) atoms. The largest absolute Gasteiger partial charge is 0.444 e. The highest BCUT2D eigenvalue weighted by Gasteiger charge is 2.40. The first kappa shape index (κ1) is 18.5. The number of hydrogen-bond donors (Lipinski definition) is 1. The second kappa shape index (κ2) is 6.35. The number of hydrogen-bond acceptors (Lipinski definition) is 5. The van der Waals surface area contributed by atoms with Crippen LogP contribution in [0.5, 0.6) is 0 Å². The zero-order valence-electron chi connectivity index (χ0n) is 16.6. The van der Waals surface area contributed by atoms with Crippen molar-refractivity contribution in [1.29, 1.82) is 0 Å². The molecule has 0 bridgehead atoms. The molecule has 0 saturated carbocycles. The monoisotopic (exact) mass is 387 g/mol. The number of nitrogens with zero attached hydrogens (tertiary/aromatic N) is 4. The van der Waals surface area contributed by atoms with Crippen LogP contribution in [-0.2, 0) is 17.7 Å². The summed E-state index contributed by atoms with van der Waals surface area (Å²) in [7, 11) is 0. The van der Waals surface area contributed by atoms with Crippen LogP contribution in [0.1, 0.15) is 55.9 Å². The van der Waals surface area contributed by atoms with E-state index in [1.54, 1.807) is 15.9 Å². The van der Waals surface area contributed by atoms with Gasteiger partial charge in [0.1, 0.15) is 16.9 Å². The van der Waals surface area contributed by atoms with Crippen LogP contribution in [0, 0.1) is 0 Å². The van der Waals surface area contributed by atoms with Gasteiger partial charge in [0.05, 0.1) is 23.8 Å². The van der Waals surface area contributed by atoms with Gasteiger partial charge in [-0.1, -0.05) is 6.92 Å². The fourth-order valence-electron chi connectivity index (χ4n) is 3.78. The number of aromatic nitrogens is 3. The van der Waals surface area contributed by atoms with Gasteiger partial charge in [0, 0.05) is 19.2 Å². The molecule has 4 rings (SSSR count). The van der Waals surface area contributed by atoms with Crippen LogP contribution in [0.4, 0.5) is 4.79 Å². The van der Waals surface area contributed by atoms with Crippen LogP contribution in [0.2, 0.25) is 0 Å². The van der Waals surface area contributed by atoms with Crippen molar-refractivity contribution in [3.63, 3.8) is 0 Å². The van der Waals surface area contributed by atoms with Gasteiger partial charge in [-0.15, -0.1) is 0 Å². The molecule has 0 aliphatic carbocycles. The summed E-state index contributed by atoms with van der Waals surface area (Å²) >= 11 is 0. The first-order valence-electron chi connectivity index (χ1n) is 9.60. The topological polar surface area (TPSA) is 100 Å². The third-order valence-electron chi connectivity index (χ3n) is 5.19. The van der Waals surface area contributed by atoms with Crippen LogP contribution < -0.4 is 5.56 Å². The Morgan fingerprint density at radius 2 is 2.11 bits per heavy atom. The molecule has 1 saturated heterocycles. The Balaban J connectivity index is 1.55. The van der Waals surface area contributed by atoms with Crippen LogP contribution >= 0.6 is 0 Å². The molecular weight excluding hydrogens is 362 g/mol. The second-order valence-corrected chi connectivity index (χ2v) is 8.37. The Kier molecular flexibility index (Phi) is 4.20. The van der Waals surface area contributed by atoms with Crippen molar-refractivity contribution in [2.24, 2.45) is 0 Å². The molecule has 0 aromatic carbocycles. The number of carbonyl (C=O) groups is 2. The van der Waals surface area contributed by atoms with Crippen LogP contribution in [0.3, 0.4) is 0 Å². The van der Waals surface area contributed by atoms with Gasteiger partial charge in [0.25, 0.3) is 11.5 Å². The van der Waals surface area contributed by atoms with E-state index in [2.05, 4.69) is 10.1 Å². The van der Waals surface area contributed by atoms with Crippen molar-refractivity contribution >= 4 is 17.6 Å². The minimum absolute atomic E-state index is 0.140. The van der Waals surface area contributed by atoms with Gasteiger partial charge in [0.2, 0.25) is 0 Å². The number of aromatic amines is 1. The van der Waals surface area contributed by atoms with Crippen molar-refractivity contribution in [3.8, 4) is 0 Å². The SMILES string of the molecule is CCc1cc2[nH]c3c(c(=O)n2n1)CN(C1CCN(C(=O)OC(C)(C)C)C1)C3=O. The third-order valence-corrected chi connectivity index (χ3v) is 5.19. The summed E-state index contributed by atoms with van der Waals surface area (Å²) in [4.78, 5) is 44.4. The molecular formula is C19H25N5O4. The molecule has 0 spiro atoms. The fraction of sp³-hybridized carbons (Fsp3) is 0.579. The summed E-state index contributed by atoms with van der Waals surface area (Å²) in [6.07, 6.45) is 0.993. The predicted molar refractivity (Wildman–Crippen MR) is 101 cm³/mol. The maximum Gasteiger partial charge on any atom is 0.410 e. The lowest BCUT2D eigenvalue weighted by Gasteiger charge is -2.26. The molecule has 4 heterocycles. The molecule has 150 valence electrons. The van der Waals surface area contributed by atoms with Crippen LogP contribution in [-0.4, -0.2) is 61.1 Å². The first-order valence-corrected chi connectivity index (χ1v) is 9.60. The van der Waals surface area contributed by atoms with Crippen molar-refractivity contribution < 1.29 is 14.3 Å². The fourth-order valence-corrected chi connectivity index (χ4v) is 3.78. The Bertz CT molecular complexity index is 1020. The summed E-state index contributed by atoms with van der Waals surface area (Å²) in [6, 6.07) is 1.65. The van der Waals surface area contributed by atoms with Gasteiger partial charge >= 0.3 is 6.09 Å². The number of carbonyl (C=O) groups excluding carboxylic acids is 2. The van der Waals surface area contributed by atoms with Gasteiger partial charge in [-0.2, -0.15) is 9.61 Å². The van der Waals surface area contributed by atoms with E-state index in [-0.39, 0.29) is 30.1 Å². The minimum atomic E-state index is -0.562. The second-order valence-electron chi connectivity index (χ2n) is 8.37. The number of fused-ring (bicyclic) bond motifs is 2. The van der Waals surface area contributed by atoms with Crippen molar-refractivity contribution in [2.45, 2.75) is 58.7 Å². The van der Waals surface area contributed by atoms with E-state index in [0.29, 0.717) is 42.8 Å². The van der Waals surface area contributed by atoms with E-state index in [1.807, 2.05) is 27.7 Å².